The fourth-order valence-corrected chi connectivity index (χ4v) is 2.30. The van der Waals surface area contributed by atoms with E-state index in [9.17, 15) is 5.11 Å². The molecule has 0 saturated heterocycles. The Morgan fingerprint density at radius 3 is 2.93 bits per heavy atom. The molecule has 0 bridgehead atoms. The summed E-state index contributed by atoms with van der Waals surface area (Å²) in [6.07, 6.45) is 3.19. The Balaban J connectivity index is 2.26. The smallest absolute Gasteiger partial charge is 0.118 e. The number of phenolic OH excluding ortho intramolecular Hbond substituents is 1. The van der Waals surface area contributed by atoms with Crippen LogP contribution in [0.2, 0.25) is 0 Å². The molecule has 2 aromatic rings. The van der Waals surface area contributed by atoms with E-state index in [0.717, 1.165) is 14.4 Å². The van der Waals surface area contributed by atoms with Crippen molar-refractivity contribution in [2.75, 3.05) is 0 Å². The quantitative estimate of drug-likeness (QED) is 0.860. The maximum Gasteiger partial charge on any atom is 0.118 e. The van der Waals surface area contributed by atoms with E-state index >= 15 is 0 Å². The molecule has 76 valence electrons. The van der Waals surface area contributed by atoms with Gasteiger partial charge in [0.25, 0.3) is 0 Å². The minimum absolute atomic E-state index is 0.255. The lowest BCUT2D eigenvalue weighted by Gasteiger charge is -2.02. The third-order valence-electron chi connectivity index (χ3n) is 1.67. The molecule has 0 saturated carbocycles. The van der Waals surface area contributed by atoms with Gasteiger partial charge in [0.1, 0.15) is 17.1 Å². The van der Waals surface area contributed by atoms with Gasteiger partial charge >= 0.3 is 0 Å². The zero-order chi connectivity index (χ0) is 10.7. The first kappa shape index (κ1) is 10.4. The number of halogens is 1. The molecule has 0 spiro atoms. The minimum atomic E-state index is 0.255. The molecule has 2 rings (SSSR count). The third-order valence-corrected chi connectivity index (χ3v) is 3.52. The van der Waals surface area contributed by atoms with Crippen molar-refractivity contribution in [1.82, 2.24) is 9.97 Å². The van der Waals surface area contributed by atoms with Crippen LogP contribution in [0.5, 0.6) is 5.75 Å². The Labute approximate surface area is 99.7 Å². The van der Waals surface area contributed by atoms with Crippen LogP contribution < -0.4 is 0 Å². The monoisotopic (exact) mass is 282 g/mol. The van der Waals surface area contributed by atoms with Crippen LogP contribution in [-0.4, -0.2) is 15.1 Å². The normalized spacial score (nSPS) is 10.2. The topological polar surface area (TPSA) is 46.0 Å². The molecule has 0 aliphatic heterocycles. The zero-order valence-corrected chi connectivity index (χ0v) is 9.99. The van der Waals surface area contributed by atoms with E-state index in [2.05, 4.69) is 25.9 Å². The highest BCUT2D eigenvalue weighted by molar-refractivity contribution is 9.10. The fourth-order valence-electron chi connectivity index (χ4n) is 1.04. The Kier molecular flexibility index (Phi) is 3.23. The van der Waals surface area contributed by atoms with Crippen LogP contribution in [0.25, 0.3) is 0 Å². The number of hydrogen-bond acceptors (Lipinski definition) is 4. The van der Waals surface area contributed by atoms with Crippen LogP contribution in [0.1, 0.15) is 0 Å². The predicted molar refractivity (Wildman–Crippen MR) is 62.0 cm³/mol. The Bertz CT molecular complexity index is 478. The Morgan fingerprint density at radius 1 is 1.33 bits per heavy atom. The molecular formula is C10H7BrN2OS. The first-order valence-electron chi connectivity index (χ1n) is 4.18. The number of rotatable bonds is 2. The summed E-state index contributed by atoms with van der Waals surface area (Å²) in [5, 5.41) is 10.1. The van der Waals surface area contributed by atoms with Gasteiger partial charge in [-0.1, -0.05) is 17.8 Å². The Hall–Kier alpha value is -1.07. The van der Waals surface area contributed by atoms with Crippen LogP contribution in [0.3, 0.4) is 0 Å². The van der Waals surface area contributed by atoms with Crippen molar-refractivity contribution in [2.24, 2.45) is 0 Å². The predicted octanol–water partition coefficient (Wildman–Crippen LogP) is 3.10. The second kappa shape index (κ2) is 4.63. The number of benzene rings is 1. The number of phenols is 1. The fraction of sp³-hybridized carbons (Fsp3) is 0. The Morgan fingerprint density at radius 2 is 2.20 bits per heavy atom. The number of aromatic hydroxyl groups is 1. The molecule has 1 aromatic carbocycles. The highest BCUT2D eigenvalue weighted by Gasteiger charge is 2.03. The molecule has 0 aliphatic rings. The number of hydrogen-bond donors (Lipinski definition) is 1. The molecule has 0 amide bonds. The SMILES string of the molecule is Oc1cccc(Sc2ncncc2Br)c1. The molecule has 3 nitrogen and oxygen atoms in total. The van der Waals surface area contributed by atoms with E-state index in [1.54, 1.807) is 24.4 Å². The van der Waals surface area contributed by atoms with E-state index in [0.29, 0.717) is 0 Å². The summed E-state index contributed by atoms with van der Waals surface area (Å²) in [5.41, 5.74) is 0. The molecule has 0 atom stereocenters. The van der Waals surface area contributed by atoms with Crippen molar-refractivity contribution in [1.29, 1.82) is 0 Å². The maximum atomic E-state index is 9.30. The van der Waals surface area contributed by atoms with Crippen molar-refractivity contribution in [3.05, 3.63) is 41.3 Å². The summed E-state index contributed by atoms with van der Waals surface area (Å²) in [5.74, 6) is 0.255. The highest BCUT2D eigenvalue weighted by Crippen LogP contribution is 2.32. The van der Waals surface area contributed by atoms with Gasteiger partial charge in [-0.25, -0.2) is 9.97 Å². The first-order valence-corrected chi connectivity index (χ1v) is 5.79. The van der Waals surface area contributed by atoms with E-state index in [4.69, 9.17) is 0 Å². The van der Waals surface area contributed by atoms with Crippen LogP contribution in [-0.2, 0) is 0 Å². The van der Waals surface area contributed by atoms with Gasteiger partial charge in [0.2, 0.25) is 0 Å². The minimum Gasteiger partial charge on any atom is -0.508 e. The molecule has 0 fully saturated rings. The van der Waals surface area contributed by atoms with Gasteiger partial charge in [0, 0.05) is 11.1 Å². The zero-order valence-electron chi connectivity index (χ0n) is 7.59. The number of nitrogens with zero attached hydrogens (tertiary/aromatic N) is 2. The average Bonchev–Trinajstić information content (AvgIpc) is 2.22. The molecule has 0 aliphatic carbocycles. The maximum absolute atomic E-state index is 9.30. The van der Waals surface area contributed by atoms with E-state index in [1.807, 2.05) is 6.07 Å². The standard InChI is InChI=1S/C10H7BrN2OS/c11-9-5-12-6-13-10(9)15-8-3-1-2-7(14)4-8/h1-6,14H. The van der Waals surface area contributed by atoms with Crippen molar-refractivity contribution in [3.63, 3.8) is 0 Å². The van der Waals surface area contributed by atoms with Gasteiger partial charge in [-0.3, -0.25) is 0 Å². The molecule has 1 aromatic heterocycles. The third kappa shape index (κ3) is 2.70. The van der Waals surface area contributed by atoms with E-state index in [-0.39, 0.29) is 5.75 Å². The molecular weight excluding hydrogens is 276 g/mol. The van der Waals surface area contributed by atoms with Crippen LogP contribution in [0.4, 0.5) is 0 Å². The lowest BCUT2D eigenvalue weighted by atomic mass is 10.3. The van der Waals surface area contributed by atoms with Crippen molar-refractivity contribution in [3.8, 4) is 5.75 Å². The van der Waals surface area contributed by atoms with E-state index in [1.165, 1.54) is 18.1 Å². The summed E-state index contributed by atoms with van der Waals surface area (Å²) in [6, 6.07) is 7.05. The van der Waals surface area contributed by atoms with Crippen LogP contribution in [0, 0.1) is 0 Å². The molecule has 0 radical (unpaired) electrons. The molecule has 15 heavy (non-hydrogen) atoms. The average molecular weight is 283 g/mol. The lowest BCUT2D eigenvalue weighted by Crippen LogP contribution is -1.83. The summed E-state index contributed by atoms with van der Waals surface area (Å²) in [4.78, 5) is 8.95. The lowest BCUT2D eigenvalue weighted by molar-refractivity contribution is 0.474. The molecule has 5 heteroatoms. The van der Waals surface area contributed by atoms with Gasteiger partial charge in [-0.2, -0.15) is 0 Å². The highest BCUT2D eigenvalue weighted by atomic mass is 79.9. The largest absolute Gasteiger partial charge is 0.508 e. The van der Waals surface area contributed by atoms with Gasteiger partial charge in [0.05, 0.1) is 4.47 Å². The molecule has 1 N–H and O–H groups in total. The van der Waals surface area contributed by atoms with Crippen LogP contribution in [0.15, 0.2) is 51.2 Å². The second-order valence-corrected chi connectivity index (χ2v) is 4.69. The first-order chi connectivity index (χ1) is 7.25. The van der Waals surface area contributed by atoms with Gasteiger partial charge in [-0.05, 0) is 34.1 Å². The van der Waals surface area contributed by atoms with Crippen molar-refractivity contribution < 1.29 is 5.11 Å². The van der Waals surface area contributed by atoms with Gasteiger partial charge in [-0.15, -0.1) is 0 Å². The molecule has 0 unspecified atom stereocenters. The molecule has 1 heterocycles. The van der Waals surface area contributed by atoms with Gasteiger partial charge in [0.15, 0.2) is 0 Å². The summed E-state index contributed by atoms with van der Waals surface area (Å²) in [6.45, 7) is 0. The van der Waals surface area contributed by atoms with Crippen molar-refractivity contribution >= 4 is 27.7 Å². The summed E-state index contributed by atoms with van der Waals surface area (Å²) < 4.78 is 0.846. The van der Waals surface area contributed by atoms with Gasteiger partial charge < -0.3 is 5.11 Å². The summed E-state index contributed by atoms with van der Waals surface area (Å²) in [7, 11) is 0. The van der Waals surface area contributed by atoms with E-state index < -0.39 is 0 Å². The van der Waals surface area contributed by atoms with Crippen molar-refractivity contribution in [2.45, 2.75) is 9.92 Å². The van der Waals surface area contributed by atoms with Crippen LogP contribution >= 0.6 is 27.7 Å². The second-order valence-electron chi connectivity index (χ2n) is 2.78. The summed E-state index contributed by atoms with van der Waals surface area (Å²) >= 11 is 4.83. The number of aromatic nitrogens is 2.